The van der Waals surface area contributed by atoms with Gasteiger partial charge in [0.25, 0.3) is 0 Å². The highest BCUT2D eigenvalue weighted by Gasteiger charge is 2.30. The van der Waals surface area contributed by atoms with Crippen LogP contribution in [0, 0.1) is 0 Å². The van der Waals surface area contributed by atoms with Gasteiger partial charge in [0.15, 0.2) is 6.29 Å². The fourth-order valence-electron chi connectivity index (χ4n) is 2.07. The van der Waals surface area contributed by atoms with E-state index >= 15 is 0 Å². The maximum atomic E-state index is 10.9. The molecule has 6 nitrogen and oxygen atoms in total. The van der Waals surface area contributed by atoms with E-state index in [9.17, 15) is 9.90 Å². The van der Waals surface area contributed by atoms with Gasteiger partial charge in [-0.25, -0.2) is 0 Å². The summed E-state index contributed by atoms with van der Waals surface area (Å²) in [4.78, 5) is 10.9. The number of nitrogens with one attached hydrogen (secondary N) is 1. The third kappa shape index (κ3) is 3.93. The van der Waals surface area contributed by atoms with E-state index in [1.165, 1.54) is 6.92 Å². The van der Waals surface area contributed by atoms with E-state index in [-0.39, 0.29) is 12.5 Å². The number of hydrogen-bond acceptors (Lipinski definition) is 5. The Kier molecular flexibility index (Phi) is 4.94. The molecule has 1 unspecified atom stereocenters. The minimum atomic E-state index is -0.651. The SMILES string of the molecule is CC(=O)Nc1ccc(O[C@@H]2CC[C@@H](O)C(CO)O2)cc1. The van der Waals surface area contributed by atoms with Crippen molar-refractivity contribution in [1.29, 1.82) is 0 Å². The Balaban J connectivity index is 1.91. The molecule has 1 aliphatic rings. The predicted octanol–water partition coefficient (Wildman–Crippen LogP) is 0.882. The number of anilines is 1. The molecule has 0 spiro atoms. The van der Waals surface area contributed by atoms with Gasteiger partial charge < -0.3 is 25.0 Å². The summed E-state index contributed by atoms with van der Waals surface area (Å²) in [5.74, 6) is 0.478. The zero-order valence-electron chi connectivity index (χ0n) is 11.3. The van der Waals surface area contributed by atoms with Crippen LogP contribution in [0.2, 0.25) is 0 Å². The number of rotatable bonds is 4. The third-order valence-electron chi connectivity index (χ3n) is 3.08. The maximum Gasteiger partial charge on any atom is 0.221 e. The molecule has 0 saturated carbocycles. The number of benzene rings is 1. The molecular formula is C14H19NO5. The molecule has 1 aliphatic heterocycles. The van der Waals surface area contributed by atoms with E-state index in [0.29, 0.717) is 24.3 Å². The number of hydrogen-bond donors (Lipinski definition) is 3. The monoisotopic (exact) mass is 281 g/mol. The molecule has 1 fully saturated rings. The first-order valence-electron chi connectivity index (χ1n) is 6.57. The Morgan fingerprint density at radius 3 is 2.70 bits per heavy atom. The average Bonchev–Trinajstić information content (AvgIpc) is 2.42. The molecule has 0 bridgehead atoms. The number of aliphatic hydroxyl groups is 2. The lowest BCUT2D eigenvalue weighted by atomic mass is 10.1. The van der Waals surface area contributed by atoms with Gasteiger partial charge in [-0.05, 0) is 30.7 Å². The zero-order chi connectivity index (χ0) is 14.5. The second kappa shape index (κ2) is 6.69. The molecule has 0 aromatic heterocycles. The van der Waals surface area contributed by atoms with E-state index in [1.54, 1.807) is 24.3 Å². The van der Waals surface area contributed by atoms with Crippen molar-refractivity contribution >= 4 is 11.6 Å². The van der Waals surface area contributed by atoms with Crippen LogP contribution in [0.15, 0.2) is 24.3 Å². The first-order valence-corrected chi connectivity index (χ1v) is 6.57. The number of amides is 1. The average molecular weight is 281 g/mol. The quantitative estimate of drug-likeness (QED) is 0.762. The van der Waals surface area contributed by atoms with Crippen molar-refractivity contribution < 1.29 is 24.5 Å². The van der Waals surface area contributed by atoms with E-state index < -0.39 is 18.5 Å². The molecule has 0 radical (unpaired) electrons. The normalized spacial score (nSPS) is 26.1. The molecule has 3 N–H and O–H groups in total. The molecule has 20 heavy (non-hydrogen) atoms. The molecule has 0 aliphatic carbocycles. The Morgan fingerprint density at radius 1 is 1.40 bits per heavy atom. The smallest absolute Gasteiger partial charge is 0.221 e. The largest absolute Gasteiger partial charge is 0.465 e. The first kappa shape index (κ1) is 14.8. The van der Waals surface area contributed by atoms with Crippen molar-refractivity contribution in [2.45, 2.75) is 38.3 Å². The maximum absolute atomic E-state index is 10.9. The number of carbonyl (C=O) groups is 1. The first-order chi connectivity index (χ1) is 9.58. The van der Waals surface area contributed by atoms with Crippen molar-refractivity contribution in [2.24, 2.45) is 0 Å². The molecule has 1 amide bonds. The van der Waals surface area contributed by atoms with Gasteiger partial charge in [-0.1, -0.05) is 0 Å². The molecule has 3 atom stereocenters. The van der Waals surface area contributed by atoms with Crippen LogP contribution < -0.4 is 10.1 Å². The summed E-state index contributed by atoms with van der Waals surface area (Å²) in [5.41, 5.74) is 0.693. The van der Waals surface area contributed by atoms with Crippen LogP contribution in [0.25, 0.3) is 0 Å². The molecule has 110 valence electrons. The lowest BCUT2D eigenvalue weighted by molar-refractivity contribution is -0.196. The van der Waals surface area contributed by atoms with Crippen LogP contribution in [0.5, 0.6) is 5.75 Å². The van der Waals surface area contributed by atoms with E-state index in [2.05, 4.69) is 5.32 Å². The van der Waals surface area contributed by atoms with Crippen LogP contribution in [0.1, 0.15) is 19.8 Å². The summed E-state index contributed by atoms with van der Waals surface area (Å²) in [6.45, 7) is 1.21. The van der Waals surface area contributed by atoms with Gasteiger partial charge in [-0.2, -0.15) is 0 Å². The Bertz CT molecular complexity index is 447. The lowest BCUT2D eigenvalue weighted by Gasteiger charge is -2.32. The second-order valence-corrected chi connectivity index (χ2v) is 4.75. The molecule has 6 heteroatoms. The fourth-order valence-corrected chi connectivity index (χ4v) is 2.07. The van der Waals surface area contributed by atoms with Crippen molar-refractivity contribution in [3.05, 3.63) is 24.3 Å². The van der Waals surface area contributed by atoms with E-state index in [1.807, 2.05) is 0 Å². The standard InChI is InChI=1S/C14H19NO5/c1-9(17)15-10-2-4-11(5-3-10)19-14-7-6-12(18)13(8-16)20-14/h2-5,12-14,16,18H,6-8H2,1H3,(H,15,17)/t12-,13?,14+/m1/s1. The van der Waals surface area contributed by atoms with Gasteiger partial charge in [0.05, 0.1) is 12.7 Å². The van der Waals surface area contributed by atoms with Gasteiger partial charge in [0.1, 0.15) is 11.9 Å². The summed E-state index contributed by atoms with van der Waals surface area (Å²) < 4.78 is 11.1. The van der Waals surface area contributed by atoms with Crippen LogP contribution in [0.4, 0.5) is 5.69 Å². The minimum Gasteiger partial charge on any atom is -0.465 e. The molecule has 1 heterocycles. The Morgan fingerprint density at radius 2 is 2.10 bits per heavy atom. The highest BCUT2D eigenvalue weighted by atomic mass is 16.7. The molecule has 1 saturated heterocycles. The zero-order valence-corrected chi connectivity index (χ0v) is 11.3. The van der Waals surface area contributed by atoms with E-state index in [0.717, 1.165) is 0 Å². The second-order valence-electron chi connectivity index (χ2n) is 4.75. The van der Waals surface area contributed by atoms with Gasteiger partial charge in [-0.15, -0.1) is 0 Å². The third-order valence-corrected chi connectivity index (χ3v) is 3.08. The van der Waals surface area contributed by atoms with Crippen LogP contribution in [-0.4, -0.2) is 41.2 Å². The Hall–Kier alpha value is -1.63. The number of aliphatic hydroxyl groups excluding tert-OH is 2. The number of ether oxygens (including phenoxy) is 2. The summed E-state index contributed by atoms with van der Waals surface area (Å²) >= 11 is 0. The van der Waals surface area contributed by atoms with Crippen molar-refractivity contribution in [1.82, 2.24) is 0 Å². The van der Waals surface area contributed by atoms with Crippen molar-refractivity contribution in [3.8, 4) is 5.75 Å². The molecular weight excluding hydrogens is 262 g/mol. The van der Waals surface area contributed by atoms with Crippen molar-refractivity contribution in [3.63, 3.8) is 0 Å². The molecule has 1 aromatic rings. The fraction of sp³-hybridized carbons (Fsp3) is 0.500. The van der Waals surface area contributed by atoms with Crippen molar-refractivity contribution in [2.75, 3.05) is 11.9 Å². The van der Waals surface area contributed by atoms with Crippen LogP contribution in [-0.2, 0) is 9.53 Å². The highest BCUT2D eigenvalue weighted by Crippen LogP contribution is 2.24. The summed E-state index contributed by atoms with van der Waals surface area (Å²) in [5, 5.41) is 21.3. The topological polar surface area (TPSA) is 88.0 Å². The van der Waals surface area contributed by atoms with Crippen LogP contribution in [0.3, 0.4) is 0 Å². The van der Waals surface area contributed by atoms with Gasteiger partial charge in [0.2, 0.25) is 5.91 Å². The lowest BCUT2D eigenvalue weighted by Crippen LogP contribution is -2.43. The number of carbonyl (C=O) groups excluding carboxylic acids is 1. The van der Waals surface area contributed by atoms with Gasteiger partial charge in [0, 0.05) is 19.0 Å². The van der Waals surface area contributed by atoms with Gasteiger partial charge >= 0.3 is 0 Å². The molecule has 2 rings (SSSR count). The highest BCUT2D eigenvalue weighted by molar-refractivity contribution is 5.88. The van der Waals surface area contributed by atoms with Crippen LogP contribution >= 0.6 is 0 Å². The summed E-state index contributed by atoms with van der Waals surface area (Å²) in [6.07, 6.45) is -0.651. The summed E-state index contributed by atoms with van der Waals surface area (Å²) in [7, 11) is 0. The van der Waals surface area contributed by atoms with Gasteiger partial charge in [-0.3, -0.25) is 4.79 Å². The Labute approximate surface area is 117 Å². The summed E-state index contributed by atoms with van der Waals surface area (Å²) in [6, 6.07) is 6.93. The molecule has 1 aromatic carbocycles. The van der Waals surface area contributed by atoms with E-state index in [4.69, 9.17) is 14.6 Å². The minimum absolute atomic E-state index is 0.131. The predicted molar refractivity (Wildman–Crippen MR) is 72.4 cm³/mol.